The third-order valence-corrected chi connectivity index (χ3v) is 5.42. The van der Waals surface area contributed by atoms with Gasteiger partial charge in [-0.3, -0.25) is 4.79 Å². The van der Waals surface area contributed by atoms with Gasteiger partial charge in [0.05, 0.1) is 7.11 Å². The fourth-order valence-corrected chi connectivity index (χ4v) is 3.56. The molecule has 0 saturated carbocycles. The van der Waals surface area contributed by atoms with Crippen molar-refractivity contribution in [3.63, 3.8) is 0 Å². The molecule has 142 valence electrons. The van der Waals surface area contributed by atoms with Crippen LogP contribution >= 0.6 is 11.6 Å². The number of amides is 1. The standard InChI is InChI=1S/C22H24ClNO3/c1-26-19-9-7-18(8-10-19)22(12-14-27-15-13-22)16-24-21(25)11-6-17-4-2-3-5-20(17)23/h2-11H,12-16H2,1H3,(H,24,25)/b11-6+. The number of halogens is 1. The highest BCUT2D eigenvalue weighted by Crippen LogP contribution is 2.35. The maximum atomic E-state index is 12.4. The molecule has 1 heterocycles. The summed E-state index contributed by atoms with van der Waals surface area (Å²) in [4.78, 5) is 12.4. The minimum Gasteiger partial charge on any atom is -0.497 e. The summed E-state index contributed by atoms with van der Waals surface area (Å²) in [6.07, 6.45) is 5.01. The van der Waals surface area contributed by atoms with Crippen LogP contribution in [0.3, 0.4) is 0 Å². The summed E-state index contributed by atoms with van der Waals surface area (Å²) in [5.41, 5.74) is 1.89. The highest BCUT2D eigenvalue weighted by molar-refractivity contribution is 6.32. The second kappa shape index (κ2) is 9.07. The fourth-order valence-electron chi connectivity index (χ4n) is 3.37. The van der Waals surface area contributed by atoms with E-state index in [9.17, 15) is 4.79 Å². The van der Waals surface area contributed by atoms with Gasteiger partial charge in [0, 0.05) is 36.3 Å². The van der Waals surface area contributed by atoms with E-state index < -0.39 is 0 Å². The molecule has 2 aromatic rings. The minimum absolute atomic E-state index is 0.127. The zero-order valence-corrected chi connectivity index (χ0v) is 16.2. The average Bonchev–Trinajstić information content (AvgIpc) is 2.72. The number of hydrogen-bond donors (Lipinski definition) is 1. The van der Waals surface area contributed by atoms with E-state index in [0.717, 1.165) is 24.2 Å². The topological polar surface area (TPSA) is 47.6 Å². The van der Waals surface area contributed by atoms with E-state index in [1.54, 1.807) is 19.3 Å². The van der Waals surface area contributed by atoms with Crippen molar-refractivity contribution in [2.24, 2.45) is 0 Å². The lowest BCUT2D eigenvalue weighted by atomic mass is 9.74. The van der Waals surface area contributed by atoms with Crippen molar-refractivity contribution < 1.29 is 14.3 Å². The van der Waals surface area contributed by atoms with Crippen LogP contribution in [0.5, 0.6) is 5.75 Å². The van der Waals surface area contributed by atoms with Gasteiger partial charge in [0.2, 0.25) is 5.91 Å². The number of methoxy groups -OCH3 is 1. The molecule has 0 bridgehead atoms. The Labute approximate surface area is 165 Å². The van der Waals surface area contributed by atoms with E-state index in [-0.39, 0.29) is 11.3 Å². The van der Waals surface area contributed by atoms with Gasteiger partial charge in [0.1, 0.15) is 5.75 Å². The number of rotatable bonds is 6. The third-order valence-electron chi connectivity index (χ3n) is 5.07. The van der Waals surface area contributed by atoms with Crippen LogP contribution in [0.1, 0.15) is 24.0 Å². The Balaban J connectivity index is 1.69. The van der Waals surface area contributed by atoms with Crippen LogP contribution in [0.15, 0.2) is 54.6 Å². The van der Waals surface area contributed by atoms with Gasteiger partial charge in [-0.1, -0.05) is 41.9 Å². The molecule has 1 N–H and O–H groups in total. The molecule has 3 rings (SSSR count). The molecule has 1 saturated heterocycles. The number of carbonyl (C=O) groups is 1. The maximum Gasteiger partial charge on any atom is 0.244 e. The molecule has 2 aromatic carbocycles. The molecule has 0 atom stereocenters. The molecule has 0 unspecified atom stereocenters. The van der Waals surface area contributed by atoms with Crippen molar-refractivity contribution in [1.29, 1.82) is 0 Å². The normalized spacial score (nSPS) is 16.2. The first kappa shape index (κ1) is 19.5. The quantitative estimate of drug-likeness (QED) is 0.757. The van der Waals surface area contributed by atoms with Crippen LogP contribution in [0, 0.1) is 0 Å². The number of ether oxygens (including phenoxy) is 2. The Morgan fingerprint density at radius 1 is 1.19 bits per heavy atom. The van der Waals surface area contributed by atoms with Crippen molar-refractivity contribution >= 4 is 23.6 Å². The van der Waals surface area contributed by atoms with Crippen molar-refractivity contribution in [2.45, 2.75) is 18.3 Å². The Bertz CT molecular complexity index is 795. The summed E-state index contributed by atoms with van der Waals surface area (Å²) in [6, 6.07) is 15.5. The summed E-state index contributed by atoms with van der Waals surface area (Å²) >= 11 is 6.13. The SMILES string of the molecule is COc1ccc(C2(CNC(=O)/C=C/c3ccccc3Cl)CCOCC2)cc1. The summed E-state index contributed by atoms with van der Waals surface area (Å²) < 4.78 is 10.8. The molecule has 5 heteroatoms. The highest BCUT2D eigenvalue weighted by Gasteiger charge is 2.34. The van der Waals surface area contributed by atoms with E-state index in [1.165, 1.54) is 11.6 Å². The largest absolute Gasteiger partial charge is 0.497 e. The molecule has 0 aliphatic carbocycles. The lowest BCUT2D eigenvalue weighted by molar-refractivity contribution is -0.116. The Hall–Kier alpha value is -2.30. The molecule has 1 fully saturated rings. The van der Waals surface area contributed by atoms with Gasteiger partial charge in [-0.2, -0.15) is 0 Å². The van der Waals surface area contributed by atoms with Crippen molar-refractivity contribution in [3.05, 3.63) is 70.8 Å². The Kier molecular flexibility index (Phi) is 6.54. The predicted molar refractivity (Wildman–Crippen MR) is 108 cm³/mol. The van der Waals surface area contributed by atoms with Gasteiger partial charge in [0.25, 0.3) is 0 Å². The van der Waals surface area contributed by atoms with E-state index in [4.69, 9.17) is 21.1 Å². The summed E-state index contributed by atoms with van der Waals surface area (Å²) in [6.45, 7) is 1.95. The predicted octanol–water partition coefficient (Wildman–Crippen LogP) is 4.23. The van der Waals surface area contributed by atoms with E-state index in [1.807, 2.05) is 30.3 Å². The second-order valence-corrected chi connectivity index (χ2v) is 7.10. The fraction of sp³-hybridized carbons (Fsp3) is 0.318. The molecule has 0 radical (unpaired) electrons. The zero-order valence-electron chi connectivity index (χ0n) is 15.4. The number of hydrogen-bond acceptors (Lipinski definition) is 3. The maximum absolute atomic E-state index is 12.4. The van der Waals surface area contributed by atoms with Crippen LogP contribution in [-0.4, -0.2) is 32.8 Å². The molecular formula is C22H24ClNO3. The number of benzene rings is 2. The molecule has 0 aromatic heterocycles. The average molecular weight is 386 g/mol. The van der Waals surface area contributed by atoms with Gasteiger partial charge in [-0.25, -0.2) is 0 Å². The van der Waals surface area contributed by atoms with Gasteiger partial charge < -0.3 is 14.8 Å². The molecule has 0 spiro atoms. The van der Waals surface area contributed by atoms with E-state index in [2.05, 4.69) is 17.4 Å². The van der Waals surface area contributed by atoms with Crippen molar-refractivity contribution in [2.75, 3.05) is 26.9 Å². The van der Waals surface area contributed by atoms with Crippen LogP contribution in [0.2, 0.25) is 5.02 Å². The van der Waals surface area contributed by atoms with Gasteiger partial charge in [0.15, 0.2) is 0 Å². The van der Waals surface area contributed by atoms with Crippen LogP contribution in [0.25, 0.3) is 6.08 Å². The highest BCUT2D eigenvalue weighted by atomic mass is 35.5. The lowest BCUT2D eigenvalue weighted by Gasteiger charge is -2.38. The minimum atomic E-state index is -0.130. The summed E-state index contributed by atoms with van der Waals surface area (Å²) in [7, 11) is 1.66. The monoisotopic (exact) mass is 385 g/mol. The molecule has 1 aliphatic rings. The third kappa shape index (κ3) is 4.90. The van der Waals surface area contributed by atoms with Crippen molar-refractivity contribution in [3.8, 4) is 5.75 Å². The molecule has 27 heavy (non-hydrogen) atoms. The van der Waals surface area contributed by atoms with E-state index in [0.29, 0.717) is 24.8 Å². The second-order valence-electron chi connectivity index (χ2n) is 6.69. The molecule has 1 amide bonds. The first-order valence-electron chi connectivity index (χ1n) is 9.06. The lowest BCUT2D eigenvalue weighted by Crippen LogP contribution is -2.44. The van der Waals surface area contributed by atoms with Crippen molar-refractivity contribution in [1.82, 2.24) is 5.32 Å². The smallest absolute Gasteiger partial charge is 0.244 e. The summed E-state index contributed by atoms with van der Waals surface area (Å²) in [5.74, 6) is 0.696. The Morgan fingerprint density at radius 3 is 2.56 bits per heavy atom. The van der Waals surface area contributed by atoms with Crippen LogP contribution in [-0.2, 0) is 14.9 Å². The van der Waals surface area contributed by atoms with E-state index >= 15 is 0 Å². The molecule has 1 aliphatic heterocycles. The first-order chi connectivity index (χ1) is 13.1. The Morgan fingerprint density at radius 2 is 1.89 bits per heavy atom. The zero-order chi connectivity index (χ0) is 19.1. The van der Waals surface area contributed by atoms with Crippen LogP contribution < -0.4 is 10.1 Å². The molecular weight excluding hydrogens is 362 g/mol. The van der Waals surface area contributed by atoms with Gasteiger partial charge in [-0.05, 0) is 48.2 Å². The van der Waals surface area contributed by atoms with Crippen LogP contribution in [0.4, 0.5) is 0 Å². The number of carbonyl (C=O) groups excluding carboxylic acids is 1. The van der Waals surface area contributed by atoms with Gasteiger partial charge in [-0.15, -0.1) is 0 Å². The molecule has 4 nitrogen and oxygen atoms in total. The summed E-state index contributed by atoms with van der Waals surface area (Å²) in [5, 5.41) is 3.68. The first-order valence-corrected chi connectivity index (χ1v) is 9.43. The van der Waals surface area contributed by atoms with Gasteiger partial charge >= 0.3 is 0 Å². The number of nitrogens with one attached hydrogen (secondary N) is 1.